The Bertz CT molecular complexity index is 871. The van der Waals surface area contributed by atoms with Crippen molar-refractivity contribution in [1.29, 1.82) is 0 Å². The lowest BCUT2D eigenvalue weighted by atomic mass is 9.98. The highest BCUT2D eigenvalue weighted by Crippen LogP contribution is 2.25. The number of hydrogen-bond donors (Lipinski definition) is 2. The van der Waals surface area contributed by atoms with Gasteiger partial charge in [-0.25, -0.2) is 0 Å². The Kier molecular flexibility index (Phi) is 7.20. The fourth-order valence-corrected chi connectivity index (χ4v) is 4.25. The van der Waals surface area contributed by atoms with Crippen LogP contribution in [0.5, 0.6) is 11.5 Å². The molecule has 0 aliphatic rings. The third-order valence-electron chi connectivity index (χ3n) is 5.99. The third-order valence-corrected chi connectivity index (χ3v) is 5.99. The summed E-state index contributed by atoms with van der Waals surface area (Å²) in [6, 6.07) is 17.4. The molecule has 0 bridgehead atoms. The van der Waals surface area contributed by atoms with E-state index in [2.05, 4.69) is 48.5 Å². The van der Waals surface area contributed by atoms with Crippen molar-refractivity contribution in [2.75, 3.05) is 0 Å². The summed E-state index contributed by atoms with van der Waals surface area (Å²) >= 11 is 0. The SMILES string of the molecule is Cc1cc(CCCc2ccc(CCCc3cc(C)c(O)c(C)c3)cc2)cc(C)c1O. The van der Waals surface area contributed by atoms with Gasteiger partial charge in [0.25, 0.3) is 0 Å². The highest BCUT2D eigenvalue weighted by Gasteiger charge is 2.05. The molecule has 0 heterocycles. The zero-order valence-corrected chi connectivity index (χ0v) is 18.8. The van der Waals surface area contributed by atoms with E-state index in [1.807, 2.05) is 27.7 Å². The van der Waals surface area contributed by atoms with Crippen molar-refractivity contribution in [1.82, 2.24) is 0 Å². The quantitative estimate of drug-likeness (QED) is 0.441. The van der Waals surface area contributed by atoms with Crippen molar-refractivity contribution >= 4 is 0 Å². The normalized spacial score (nSPS) is 11.1. The van der Waals surface area contributed by atoms with Gasteiger partial charge in [-0.15, -0.1) is 0 Å². The number of aromatic hydroxyl groups is 2. The molecular weight excluding hydrogens is 368 g/mol. The predicted octanol–water partition coefficient (Wildman–Crippen LogP) is 6.68. The zero-order chi connectivity index (χ0) is 21.7. The summed E-state index contributed by atoms with van der Waals surface area (Å²) in [4.78, 5) is 0. The molecule has 2 heteroatoms. The average Bonchev–Trinajstić information content (AvgIpc) is 2.71. The van der Waals surface area contributed by atoms with Gasteiger partial charge in [0.05, 0.1) is 0 Å². The lowest BCUT2D eigenvalue weighted by Gasteiger charge is -2.09. The largest absolute Gasteiger partial charge is 0.507 e. The number of rotatable bonds is 8. The van der Waals surface area contributed by atoms with Crippen LogP contribution in [0, 0.1) is 27.7 Å². The van der Waals surface area contributed by atoms with E-state index in [1.165, 1.54) is 22.3 Å². The molecule has 158 valence electrons. The maximum Gasteiger partial charge on any atom is 0.121 e. The van der Waals surface area contributed by atoms with Gasteiger partial charge >= 0.3 is 0 Å². The van der Waals surface area contributed by atoms with Gasteiger partial charge in [0.1, 0.15) is 11.5 Å². The summed E-state index contributed by atoms with van der Waals surface area (Å²) in [5, 5.41) is 19.8. The fraction of sp³-hybridized carbons (Fsp3) is 0.357. The molecule has 2 N–H and O–H groups in total. The van der Waals surface area contributed by atoms with E-state index in [1.54, 1.807) is 0 Å². The highest BCUT2D eigenvalue weighted by molar-refractivity contribution is 5.43. The Hall–Kier alpha value is -2.74. The topological polar surface area (TPSA) is 40.5 Å². The van der Waals surface area contributed by atoms with E-state index in [-0.39, 0.29) is 0 Å². The van der Waals surface area contributed by atoms with Crippen LogP contribution >= 0.6 is 0 Å². The van der Waals surface area contributed by atoms with Crippen LogP contribution < -0.4 is 0 Å². The number of benzene rings is 3. The first kappa shape index (κ1) is 22.0. The standard InChI is InChI=1S/C28H34O2/c1-19-15-25(16-20(2)27(19)29)9-5-7-23-11-13-24(14-12-23)8-6-10-26-17-21(3)28(30)22(4)18-26/h11-18,29-30H,5-10H2,1-4H3. The van der Waals surface area contributed by atoms with Crippen LogP contribution in [0.4, 0.5) is 0 Å². The molecule has 0 radical (unpaired) electrons. The molecule has 30 heavy (non-hydrogen) atoms. The van der Waals surface area contributed by atoms with Gasteiger partial charge in [0.15, 0.2) is 0 Å². The molecule has 0 spiro atoms. The summed E-state index contributed by atoms with van der Waals surface area (Å²) in [6.07, 6.45) is 6.45. The van der Waals surface area contributed by atoms with Crippen LogP contribution in [0.1, 0.15) is 57.3 Å². The smallest absolute Gasteiger partial charge is 0.121 e. The second kappa shape index (κ2) is 9.84. The number of hydrogen-bond acceptors (Lipinski definition) is 2. The fourth-order valence-electron chi connectivity index (χ4n) is 4.25. The minimum absolute atomic E-state index is 0.421. The zero-order valence-electron chi connectivity index (χ0n) is 18.8. The molecule has 0 saturated heterocycles. The second-order valence-corrected chi connectivity index (χ2v) is 8.68. The van der Waals surface area contributed by atoms with Crippen LogP contribution in [0.3, 0.4) is 0 Å². The van der Waals surface area contributed by atoms with Crippen LogP contribution in [0.25, 0.3) is 0 Å². The lowest BCUT2D eigenvalue weighted by Crippen LogP contribution is -1.94. The van der Waals surface area contributed by atoms with Crippen LogP contribution in [-0.4, -0.2) is 10.2 Å². The summed E-state index contributed by atoms with van der Waals surface area (Å²) in [5.74, 6) is 0.843. The van der Waals surface area contributed by atoms with Gasteiger partial charge in [0.2, 0.25) is 0 Å². The minimum atomic E-state index is 0.421. The van der Waals surface area contributed by atoms with E-state index >= 15 is 0 Å². The monoisotopic (exact) mass is 402 g/mol. The molecular formula is C28H34O2. The van der Waals surface area contributed by atoms with Crippen molar-refractivity contribution in [3.05, 3.63) is 93.0 Å². The van der Waals surface area contributed by atoms with E-state index in [9.17, 15) is 10.2 Å². The Balaban J connectivity index is 1.46. The van der Waals surface area contributed by atoms with E-state index in [4.69, 9.17) is 0 Å². The molecule has 0 amide bonds. The van der Waals surface area contributed by atoms with Crippen molar-refractivity contribution < 1.29 is 10.2 Å². The van der Waals surface area contributed by atoms with E-state index in [0.29, 0.717) is 11.5 Å². The molecule has 0 saturated carbocycles. The van der Waals surface area contributed by atoms with Gasteiger partial charge in [-0.1, -0.05) is 48.5 Å². The summed E-state index contributed by atoms with van der Waals surface area (Å²) in [5.41, 5.74) is 9.24. The van der Waals surface area contributed by atoms with Gasteiger partial charge in [-0.3, -0.25) is 0 Å². The maximum absolute atomic E-state index is 9.91. The highest BCUT2D eigenvalue weighted by atomic mass is 16.3. The summed E-state index contributed by atoms with van der Waals surface area (Å²) in [7, 11) is 0. The molecule has 0 fully saturated rings. The van der Waals surface area contributed by atoms with Crippen molar-refractivity contribution in [2.45, 2.75) is 66.2 Å². The van der Waals surface area contributed by atoms with Crippen molar-refractivity contribution in [3.8, 4) is 11.5 Å². The van der Waals surface area contributed by atoms with E-state index < -0.39 is 0 Å². The third kappa shape index (κ3) is 5.66. The van der Waals surface area contributed by atoms with Crippen LogP contribution in [0.15, 0.2) is 48.5 Å². The first-order chi connectivity index (χ1) is 14.3. The Morgan fingerprint density at radius 1 is 0.467 bits per heavy atom. The maximum atomic E-state index is 9.91. The molecule has 0 aromatic heterocycles. The molecule has 2 nitrogen and oxygen atoms in total. The Morgan fingerprint density at radius 2 is 0.733 bits per heavy atom. The Morgan fingerprint density at radius 3 is 1.03 bits per heavy atom. The summed E-state index contributed by atoms with van der Waals surface area (Å²) < 4.78 is 0. The first-order valence-electron chi connectivity index (χ1n) is 11.0. The molecule has 0 aliphatic heterocycles. The van der Waals surface area contributed by atoms with Crippen molar-refractivity contribution in [3.63, 3.8) is 0 Å². The van der Waals surface area contributed by atoms with Gasteiger partial charge in [0, 0.05) is 0 Å². The van der Waals surface area contributed by atoms with E-state index in [0.717, 1.165) is 60.8 Å². The van der Waals surface area contributed by atoms with Gasteiger partial charge in [-0.2, -0.15) is 0 Å². The molecule has 3 aromatic carbocycles. The number of phenols is 2. The Labute approximate surface area is 181 Å². The van der Waals surface area contributed by atoms with Gasteiger partial charge in [-0.05, 0) is 111 Å². The second-order valence-electron chi connectivity index (χ2n) is 8.68. The molecule has 3 rings (SSSR count). The van der Waals surface area contributed by atoms with Crippen molar-refractivity contribution in [2.24, 2.45) is 0 Å². The summed E-state index contributed by atoms with van der Waals surface area (Å²) in [6.45, 7) is 7.87. The average molecular weight is 403 g/mol. The first-order valence-corrected chi connectivity index (χ1v) is 11.0. The van der Waals surface area contributed by atoms with Crippen LogP contribution in [-0.2, 0) is 25.7 Å². The molecule has 0 unspecified atom stereocenters. The molecule has 0 atom stereocenters. The molecule has 3 aromatic rings. The predicted molar refractivity (Wildman–Crippen MR) is 126 cm³/mol. The lowest BCUT2D eigenvalue weighted by molar-refractivity contribution is 0.466. The van der Waals surface area contributed by atoms with Crippen LogP contribution in [0.2, 0.25) is 0 Å². The minimum Gasteiger partial charge on any atom is -0.507 e. The van der Waals surface area contributed by atoms with Gasteiger partial charge < -0.3 is 10.2 Å². The number of phenolic OH excluding ortho intramolecular Hbond substituents is 2. The number of aryl methyl sites for hydroxylation is 8. The molecule has 0 aliphatic carbocycles.